The van der Waals surface area contributed by atoms with Gasteiger partial charge in [0, 0.05) is 18.0 Å². The molecule has 0 aliphatic carbocycles. The van der Waals surface area contributed by atoms with E-state index in [0.717, 1.165) is 39.3 Å². The molecule has 1 heterocycles. The Bertz CT molecular complexity index is 1020. The Morgan fingerprint density at radius 2 is 1.74 bits per heavy atom. The number of thioether (sulfide) groups is 2. The lowest BCUT2D eigenvalue weighted by atomic mass is 10.1. The van der Waals surface area contributed by atoms with Gasteiger partial charge < -0.3 is 9.88 Å². The molecule has 0 saturated heterocycles. The van der Waals surface area contributed by atoms with Gasteiger partial charge in [-0.2, -0.15) is 0 Å². The van der Waals surface area contributed by atoms with Gasteiger partial charge in [0.1, 0.15) is 5.82 Å². The van der Waals surface area contributed by atoms with E-state index in [2.05, 4.69) is 59.3 Å². The Hall–Kier alpha value is -2.51. The van der Waals surface area contributed by atoms with Crippen molar-refractivity contribution in [1.29, 1.82) is 0 Å². The fourth-order valence-corrected chi connectivity index (χ4v) is 4.86. The van der Waals surface area contributed by atoms with E-state index in [-0.39, 0.29) is 11.7 Å². The Labute approximate surface area is 192 Å². The van der Waals surface area contributed by atoms with Crippen molar-refractivity contribution in [2.45, 2.75) is 44.0 Å². The van der Waals surface area contributed by atoms with Crippen LogP contribution in [-0.2, 0) is 22.8 Å². The Morgan fingerprint density at radius 3 is 2.42 bits per heavy atom. The lowest BCUT2D eigenvalue weighted by Crippen LogP contribution is -2.15. The number of nitrogens with zero attached hydrogens (tertiary/aromatic N) is 3. The monoisotopic (exact) mass is 452 g/mol. The number of carbonyl (C=O) groups excluding carboxylic acids is 1. The van der Waals surface area contributed by atoms with Gasteiger partial charge >= 0.3 is 0 Å². The number of benzene rings is 2. The standard InChI is InChI=1S/C24H28N4OS2/c1-5-10-28-22(15-30-14-20-8-6-17(2)7-9-20)26-27-24(28)31-16-23(29)25-21-12-18(3)11-19(4)13-21/h5-9,11-13H,1,10,14-16H2,2-4H3,(H,25,29). The number of rotatable bonds is 10. The SMILES string of the molecule is C=CCn1c(CSCc2ccc(C)cc2)nnc1SCC(=O)Nc1cc(C)cc(C)c1. The Morgan fingerprint density at radius 1 is 1.03 bits per heavy atom. The summed E-state index contributed by atoms with van der Waals surface area (Å²) in [6.45, 7) is 10.6. The third kappa shape index (κ3) is 7.01. The molecular weight excluding hydrogens is 424 g/mol. The first-order valence-corrected chi connectivity index (χ1v) is 12.3. The zero-order valence-corrected chi connectivity index (χ0v) is 19.9. The molecule has 0 fully saturated rings. The van der Waals surface area contributed by atoms with Crippen molar-refractivity contribution in [3.63, 3.8) is 0 Å². The molecule has 2 aromatic carbocycles. The summed E-state index contributed by atoms with van der Waals surface area (Å²) in [5.74, 6) is 2.79. The van der Waals surface area contributed by atoms with Crippen molar-refractivity contribution in [3.05, 3.63) is 83.2 Å². The van der Waals surface area contributed by atoms with Crippen LogP contribution in [0.15, 0.2) is 60.3 Å². The number of allylic oxidation sites excluding steroid dienone is 1. The van der Waals surface area contributed by atoms with E-state index in [1.54, 1.807) is 11.8 Å². The van der Waals surface area contributed by atoms with Crippen LogP contribution in [0.2, 0.25) is 0 Å². The summed E-state index contributed by atoms with van der Waals surface area (Å²) in [4.78, 5) is 12.4. The molecule has 162 valence electrons. The van der Waals surface area contributed by atoms with Gasteiger partial charge in [-0.25, -0.2) is 0 Å². The molecule has 0 saturated carbocycles. The highest BCUT2D eigenvalue weighted by atomic mass is 32.2. The number of hydrogen-bond donors (Lipinski definition) is 1. The van der Waals surface area contributed by atoms with E-state index in [1.165, 1.54) is 22.9 Å². The molecule has 0 aliphatic heterocycles. The molecule has 0 bridgehead atoms. The van der Waals surface area contributed by atoms with Crippen LogP contribution in [0.5, 0.6) is 0 Å². The predicted octanol–water partition coefficient (Wildman–Crippen LogP) is 5.55. The lowest BCUT2D eigenvalue weighted by molar-refractivity contribution is -0.113. The minimum absolute atomic E-state index is 0.0570. The Balaban J connectivity index is 1.56. The highest BCUT2D eigenvalue weighted by Crippen LogP contribution is 2.23. The average Bonchev–Trinajstić information content (AvgIpc) is 3.09. The summed E-state index contributed by atoms with van der Waals surface area (Å²) in [5, 5.41) is 12.4. The summed E-state index contributed by atoms with van der Waals surface area (Å²) < 4.78 is 2.03. The molecule has 3 aromatic rings. The molecule has 0 spiro atoms. The number of amides is 1. The molecule has 1 aromatic heterocycles. The van der Waals surface area contributed by atoms with Crippen molar-refractivity contribution in [3.8, 4) is 0 Å². The minimum Gasteiger partial charge on any atom is -0.325 e. The smallest absolute Gasteiger partial charge is 0.234 e. The van der Waals surface area contributed by atoms with Crippen LogP contribution in [0.4, 0.5) is 5.69 Å². The van der Waals surface area contributed by atoms with Gasteiger partial charge in [0.05, 0.1) is 11.5 Å². The summed E-state index contributed by atoms with van der Waals surface area (Å²) in [6.07, 6.45) is 1.83. The van der Waals surface area contributed by atoms with Crippen LogP contribution in [0.1, 0.15) is 28.1 Å². The topological polar surface area (TPSA) is 59.8 Å². The van der Waals surface area contributed by atoms with E-state index in [4.69, 9.17) is 0 Å². The molecule has 1 amide bonds. The third-order valence-electron chi connectivity index (χ3n) is 4.56. The maximum absolute atomic E-state index is 12.4. The zero-order chi connectivity index (χ0) is 22.2. The summed E-state index contributed by atoms with van der Waals surface area (Å²) in [6, 6.07) is 14.6. The van der Waals surface area contributed by atoms with E-state index < -0.39 is 0 Å². The first-order chi connectivity index (χ1) is 14.9. The van der Waals surface area contributed by atoms with Crippen molar-refractivity contribution in [2.75, 3.05) is 11.1 Å². The molecule has 1 N–H and O–H groups in total. The fraction of sp³-hybridized carbons (Fsp3) is 0.292. The molecule has 0 aliphatic rings. The van der Waals surface area contributed by atoms with Gasteiger partial charge in [0.15, 0.2) is 5.16 Å². The number of carbonyl (C=O) groups is 1. The number of anilines is 1. The minimum atomic E-state index is -0.0570. The van der Waals surface area contributed by atoms with Crippen LogP contribution < -0.4 is 5.32 Å². The van der Waals surface area contributed by atoms with E-state index in [9.17, 15) is 4.79 Å². The maximum Gasteiger partial charge on any atom is 0.234 e. The number of nitrogens with one attached hydrogen (secondary N) is 1. The molecule has 5 nitrogen and oxygen atoms in total. The second kappa shape index (κ2) is 11.2. The van der Waals surface area contributed by atoms with Crippen molar-refractivity contribution in [1.82, 2.24) is 14.8 Å². The number of hydrogen-bond acceptors (Lipinski definition) is 5. The van der Waals surface area contributed by atoms with E-state index in [0.29, 0.717) is 6.54 Å². The van der Waals surface area contributed by atoms with Gasteiger partial charge in [0.25, 0.3) is 0 Å². The number of aromatic nitrogens is 3. The normalized spacial score (nSPS) is 10.8. The molecular formula is C24H28N4OS2. The molecule has 0 radical (unpaired) electrons. The van der Waals surface area contributed by atoms with E-state index >= 15 is 0 Å². The summed E-state index contributed by atoms with van der Waals surface area (Å²) in [5.41, 5.74) is 5.64. The van der Waals surface area contributed by atoms with Crippen LogP contribution >= 0.6 is 23.5 Å². The molecule has 7 heteroatoms. The first kappa shape index (κ1) is 23.2. The molecule has 3 rings (SSSR count). The predicted molar refractivity (Wildman–Crippen MR) is 132 cm³/mol. The lowest BCUT2D eigenvalue weighted by Gasteiger charge is -2.09. The van der Waals surface area contributed by atoms with Crippen molar-refractivity contribution in [2.24, 2.45) is 0 Å². The highest BCUT2D eigenvalue weighted by Gasteiger charge is 2.14. The largest absolute Gasteiger partial charge is 0.325 e. The second-order valence-electron chi connectivity index (χ2n) is 7.49. The maximum atomic E-state index is 12.4. The molecule has 31 heavy (non-hydrogen) atoms. The zero-order valence-electron chi connectivity index (χ0n) is 18.2. The fourth-order valence-electron chi connectivity index (χ4n) is 3.16. The summed E-state index contributed by atoms with van der Waals surface area (Å²) in [7, 11) is 0. The summed E-state index contributed by atoms with van der Waals surface area (Å²) >= 11 is 3.20. The van der Waals surface area contributed by atoms with Crippen LogP contribution in [-0.4, -0.2) is 26.4 Å². The van der Waals surface area contributed by atoms with Gasteiger partial charge in [-0.3, -0.25) is 4.79 Å². The highest BCUT2D eigenvalue weighted by molar-refractivity contribution is 7.99. The van der Waals surface area contributed by atoms with E-state index in [1.807, 2.05) is 36.6 Å². The van der Waals surface area contributed by atoms with Crippen molar-refractivity contribution >= 4 is 35.1 Å². The molecule has 0 atom stereocenters. The quantitative estimate of drug-likeness (QED) is 0.323. The number of aryl methyl sites for hydroxylation is 3. The van der Waals surface area contributed by atoms with Crippen molar-refractivity contribution < 1.29 is 4.79 Å². The van der Waals surface area contributed by atoms with Crippen LogP contribution in [0, 0.1) is 20.8 Å². The average molecular weight is 453 g/mol. The first-order valence-electron chi connectivity index (χ1n) is 10.1. The second-order valence-corrected chi connectivity index (χ2v) is 9.42. The van der Waals surface area contributed by atoms with Gasteiger partial charge in [-0.15, -0.1) is 28.5 Å². The molecule has 0 unspecified atom stereocenters. The third-order valence-corrected chi connectivity index (χ3v) is 6.53. The van der Waals surface area contributed by atoms with Crippen LogP contribution in [0.25, 0.3) is 0 Å². The van der Waals surface area contributed by atoms with Gasteiger partial charge in [-0.05, 0) is 49.6 Å². The van der Waals surface area contributed by atoms with Gasteiger partial charge in [-0.1, -0.05) is 53.7 Å². The van der Waals surface area contributed by atoms with Gasteiger partial charge in [0.2, 0.25) is 5.91 Å². The Kier molecular flexibility index (Phi) is 8.37. The van der Waals surface area contributed by atoms with Crippen LogP contribution in [0.3, 0.4) is 0 Å².